The van der Waals surface area contributed by atoms with Crippen molar-refractivity contribution in [1.29, 1.82) is 0 Å². The van der Waals surface area contributed by atoms with Gasteiger partial charge in [-0.3, -0.25) is 15.0 Å². The van der Waals surface area contributed by atoms with Crippen molar-refractivity contribution in [1.82, 2.24) is 10.2 Å². The van der Waals surface area contributed by atoms with Crippen LogP contribution >= 0.6 is 0 Å². The number of nitrogens with zero attached hydrogens (tertiary/aromatic N) is 2. The van der Waals surface area contributed by atoms with Crippen LogP contribution in [0.1, 0.15) is 29.5 Å². The molecule has 192 valence electrons. The predicted molar refractivity (Wildman–Crippen MR) is 113 cm³/mol. The number of nitro groups is 1. The largest absolute Gasteiger partial charge is 0.490 e. The summed E-state index contributed by atoms with van der Waals surface area (Å²) in [4.78, 5) is 21.6. The smallest absolute Gasteiger partial charge is 0.475 e. The highest BCUT2D eigenvalue weighted by Gasteiger charge is 2.38. The van der Waals surface area contributed by atoms with Gasteiger partial charge in [0, 0.05) is 31.3 Å². The second-order valence-corrected chi connectivity index (χ2v) is 7.86. The number of aliphatic carboxylic acids is 1. The Morgan fingerprint density at radius 3 is 2.09 bits per heavy atom. The summed E-state index contributed by atoms with van der Waals surface area (Å²) in [5.41, 5.74) is 1.21. The van der Waals surface area contributed by atoms with Crippen molar-refractivity contribution in [3.8, 4) is 0 Å². The van der Waals surface area contributed by atoms with E-state index in [0.29, 0.717) is 19.1 Å². The quantitative estimate of drug-likeness (QED) is 0.325. The van der Waals surface area contributed by atoms with Crippen LogP contribution in [0, 0.1) is 10.1 Å². The first-order chi connectivity index (χ1) is 16.3. The molecule has 0 aromatic heterocycles. The summed E-state index contributed by atoms with van der Waals surface area (Å²) in [6.45, 7) is 2.92. The number of nitrogens with one attached hydrogen (secondary N) is 1. The van der Waals surface area contributed by atoms with E-state index in [4.69, 9.17) is 9.90 Å². The van der Waals surface area contributed by atoms with E-state index in [1.165, 1.54) is 18.2 Å². The average Bonchev–Trinajstić information content (AvgIpc) is 2.78. The maximum Gasteiger partial charge on any atom is 0.490 e. The van der Waals surface area contributed by atoms with Gasteiger partial charge in [0.2, 0.25) is 0 Å². The molecule has 0 radical (unpaired) electrons. The second kappa shape index (κ2) is 12.0. The minimum atomic E-state index is -5.08. The summed E-state index contributed by atoms with van der Waals surface area (Å²) in [5.74, 6) is -2.76. The van der Waals surface area contributed by atoms with Crippen LogP contribution in [0.3, 0.4) is 0 Å². The number of hydrogen-bond donors (Lipinski definition) is 2. The molecular weight excluding hydrogens is 484 g/mol. The third-order valence-electron chi connectivity index (χ3n) is 5.23. The molecule has 2 aromatic carbocycles. The highest BCUT2D eigenvalue weighted by molar-refractivity contribution is 5.73. The zero-order valence-electron chi connectivity index (χ0n) is 18.3. The highest BCUT2D eigenvalue weighted by Crippen LogP contribution is 2.29. The summed E-state index contributed by atoms with van der Waals surface area (Å²) in [6.07, 6.45) is -7.53. The van der Waals surface area contributed by atoms with Crippen molar-refractivity contribution in [2.45, 2.75) is 44.3 Å². The van der Waals surface area contributed by atoms with Crippen LogP contribution in [0.5, 0.6) is 0 Å². The van der Waals surface area contributed by atoms with Crippen molar-refractivity contribution in [2.24, 2.45) is 0 Å². The zero-order chi connectivity index (χ0) is 26.2. The van der Waals surface area contributed by atoms with Crippen LogP contribution in [0.15, 0.2) is 48.5 Å². The van der Waals surface area contributed by atoms with Gasteiger partial charge in [-0.1, -0.05) is 24.3 Å². The van der Waals surface area contributed by atoms with E-state index < -0.39 is 28.8 Å². The van der Waals surface area contributed by atoms with Gasteiger partial charge in [-0.25, -0.2) is 4.79 Å². The van der Waals surface area contributed by atoms with Gasteiger partial charge in [0.25, 0.3) is 5.69 Å². The summed E-state index contributed by atoms with van der Waals surface area (Å²) < 4.78 is 69.6. The van der Waals surface area contributed by atoms with E-state index in [2.05, 4.69) is 10.2 Å². The average molecular weight is 507 g/mol. The Kier molecular flexibility index (Phi) is 9.60. The molecule has 0 aliphatic carbocycles. The Labute approximate surface area is 196 Å². The van der Waals surface area contributed by atoms with Gasteiger partial charge in [0.05, 0.1) is 10.5 Å². The van der Waals surface area contributed by atoms with E-state index in [1.54, 1.807) is 12.1 Å². The number of carboxylic acid groups (broad SMARTS) is 1. The van der Waals surface area contributed by atoms with Crippen LogP contribution in [0.25, 0.3) is 0 Å². The van der Waals surface area contributed by atoms with Crippen molar-refractivity contribution in [3.63, 3.8) is 0 Å². The molecule has 2 aromatic rings. The van der Waals surface area contributed by atoms with Gasteiger partial charge in [-0.2, -0.15) is 26.3 Å². The molecule has 0 bridgehead atoms. The third-order valence-corrected chi connectivity index (χ3v) is 5.23. The van der Waals surface area contributed by atoms with Gasteiger partial charge in [0.15, 0.2) is 0 Å². The summed E-state index contributed by atoms with van der Waals surface area (Å²) >= 11 is 0. The molecule has 0 saturated carbocycles. The number of non-ortho nitro benzene ring substituents is 1. The lowest BCUT2D eigenvalue weighted by Crippen LogP contribution is -2.41. The minimum absolute atomic E-state index is 0.0886. The standard InChI is InChI=1S/C20H22F3N3O2.C2HF3O2/c21-20(22,23)17-6-4-15(5-7-17)14-25-10-8-18(9-11-25)24-13-16-2-1-3-19(12-16)26(27)28;3-2(4,5)1(6)7/h1-7,12,18,24H,8-11,13-14H2;(H,6,7). The number of carbonyl (C=O) groups is 1. The lowest BCUT2D eigenvalue weighted by atomic mass is 10.0. The van der Waals surface area contributed by atoms with Gasteiger partial charge in [-0.15, -0.1) is 0 Å². The Morgan fingerprint density at radius 2 is 1.60 bits per heavy atom. The first-order valence-corrected chi connectivity index (χ1v) is 10.4. The van der Waals surface area contributed by atoms with Crippen molar-refractivity contribution in [3.05, 3.63) is 75.3 Å². The maximum atomic E-state index is 12.6. The number of hydrogen-bond acceptors (Lipinski definition) is 5. The number of likely N-dealkylation sites (tertiary alicyclic amines) is 1. The molecular formula is C22H23F6N3O4. The van der Waals surface area contributed by atoms with E-state index in [-0.39, 0.29) is 5.69 Å². The fourth-order valence-corrected chi connectivity index (χ4v) is 3.39. The van der Waals surface area contributed by atoms with Crippen LogP contribution in [-0.4, -0.2) is 46.2 Å². The molecule has 7 nitrogen and oxygen atoms in total. The van der Waals surface area contributed by atoms with Gasteiger partial charge in [0.1, 0.15) is 0 Å². The summed E-state index contributed by atoms with van der Waals surface area (Å²) in [7, 11) is 0. The van der Waals surface area contributed by atoms with Gasteiger partial charge in [-0.05, 0) is 49.2 Å². The molecule has 13 heteroatoms. The first-order valence-electron chi connectivity index (χ1n) is 10.4. The van der Waals surface area contributed by atoms with Crippen molar-refractivity contribution in [2.75, 3.05) is 13.1 Å². The molecule has 0 atom stereocenters. The van der Waals surface area contributed by atoms with E-state index in [9.17, 15) is 36.5 Å². The lowest BCUT2D eigenvalue weighted by molar-refractivity contribution is -0.384. The molecule has 1 heterocycles. The van der Waals surface area contributed by atoms with Crippen LogP contribution in [-0.2, 0) is 24.1 Å². The number of carboxylic acids is 1. The van der Waals surface area contributed by atoms with Crippen LogP contribution in [0.2, 0.25) is 0 Å². The first kappa shape index (κ1) is 28.1. The predicted octanol–water partition coefficient (Wildman–Crippen LogP) is 5.00. The van der Waals surface area contributed by atoms with Crippen LogP contribution < -0.4 is 5.32 Å². The Morgan fingerprint density at radius 1 is 1.03 bits per heavy atom. The Balaban J connectivity index is 0.000000540. The number of rotatable bonds is 6. The van der Waals surface area contributed by atoms with E-state index in [1.807, 2.05) is 6.07 Å². The third kappa shape index (κ3) is 9.53. The maximum absolute atomic E-state index is 12.6. The SMILES string of the molecule is O=C(O)C(F)(F)F.O=[N+]([O-])c1cccc(CNC2CCN(Cc3ccc(C(F)(F)F)cc3)CC2)c1. The number of benzene rings is 2. The number of nitro benzene ring substituents is 1. The Bertz CT molecular complexity index is 988. The molecule has 0 spiro atoms. The molecule has 0 amide bonds. The second-order valence-electron chi connectivity index (χ2n) is 7.86. The molecule has 3 rings (SSSR count). The monoisotopic (exact) mass is 507 g/mol. The van der Waals surface area contributed by atoms with E-state index >= 15 is 0 Å². The van der Waals surface area contributed by atoms with Crippen molar-refractivity contribution < 1.29 is 41.2 Å². The van der Waals surface area contributed by atoms with Crippen molar-refractivity contribution >= 4 is 11.7 Å². The topological polar surface area (TPSA) is 95.7 Å². The minimum Gasteiger partial charge on any atom is -0.475 e. The molecule has 35 heavy (non-hydrogen) atoms. The molecule has 1 saturated heterocycles. The van der Waals surface area contributed by atoms with Crippen LogP contribution in [0.4, 0.5) is 32.0 Å². The number of alkyl halides is 6. The fraction of sp³-hybridized carbons (Fsp3) is 0.409. The fourth-order valence-electron chi connectivity index (χ4n) is 3.39. The molecule has 1 fully saturated rings. The molecule has 1 aliphatic heterocycles. The lowest BCUT2D eigenvalue weighted by Gasteiger charge is -2.32. The summed E-state index contributed by atoms with van der Waals surface area (Å²) in [6, 6.07) is 12.2. The zero-order valence-corrected chi connectivity index (χ0v) is 18.3. The number of halogens is 6. The highest BCUT2D eigenvalue weighted by atomic mass is 19.4. The Hall–Kier alpha value is -3.19. The molecule has 2 N–H and O–H groups in total. The number of piperidine rings is 1. The van der Waals surface area contributed by atoms with E-state index in [0.717, 1.165) is 49.2 Å². The molecule has 1 aliphatic rings. The van der Waals surface area contributed by atoms with Gasteiger partial charge >= 0.3 is 18.3 Å². The summed E-state index contributed by atoms with van der Waals surface area (Å²) in [5, 5.41) is 21.4. The van der Waals surface area contributed by atoms with Gasteiger partial charge < -0.3 is 10.4 Å². The normalized spacial score (nSPS) is 15.3. The molecule has 0 unspecified atom stereocenters.